The average molecular weight is 324 g/mol. The van der Waals surface area contributed by atoms with Crippen LogP contribution < -0.4 is 0 Å². The van der Waals surface area contributed by atoms with Gasteiger partial charge in [0.25, 0.3) is 5.91 Å². The third-order valence-electron chi connectivity index (χ3n) is 3.43. The van der Waals surface area contributed by atoms with Crippen molar-refractivity contribution in [2.24, 2.45) is 0 Å². The first-order valence-electron chi connectivity index (χ1n) is 6.41. The van der Waals surface area contributed by atoms with Crippen LogP contribution in [0.25, 0.3) is 0 Å². The summed E-state index contributed by atoms with van der Waals surface area (Å²) in [5, 5.41) is 10.5. The predicted octanol–water partition coefficient (Wildman–Crippen LogP) is 4.53. The Bertz CT molecular complexity index is 656. The van der Waals surface area contributed by atoms with E-state index in [-0.39, 0.29) is 23.3 Å². The SMILES string of the molecule is CC(c1ccc(Cl)cc1)N(C)C(=O)c1cc(O)ccc1Cl. The molecule has 1 atom stereocenters. The lowest BCUT2D eigenvalue weighted by Gasteiger charge is -2.26. The molecule has 5 heteroatoms. The highest BCUT2D eigenvalue weighted by Crippen LogP contribution is 2.26. The molecule has 0 aromatic heterocycles. The van der Waals surface area contributed by atoms with Crippen LogP contribution in [0.5, 0.6) is 5.75 Å². The van der Waals surface area contributed by atoms with Gasteiger partial charge in [0.2, 0.25) is 0 Å². The molecule has 0 bridgehead atoms. The lowest BCUT2D eigenvalue weighted by Crippen LogP contribution is -2.29. The van der Waals surface area contributed by atoms with Crippen molar-refractivity contribution in [3.05, 3.63) is 63.6 Å². The van der Waals surface area contributed by atoms with Crippen LogP contribution in [0.15, 0.2) is 42.5 Å². The standard InChI is InChI=1S/C16H15Cl2NO2/c1-10(11-3-5-12(17)6-4-11)19(2)16(21)14-9-13(20)7-8-15(14)18/h3-10,20H,1-2H3. The van der Waals surface area contributed by atoms with E-state index in [1.54, 1.807) is 24.1 Å². The number of phenolic OH excluding ortho intramolecular Hbond substituents is 1. The summed E-state index contributed by atoms with van der Waals surface area (Å²) in [7, 11) is 1.70. The number of hydrogen-bond acceptors (Lipinski definition) is 2. The molecule has 0 heterocycles. The molecule has 1 N–H and O–H groups in total. The summed E-state index contributed by atoms with van der Waals surface area (Å²) in [4.78, 5) is 14.1. The summed E-state index contributed by atoms with van der Waals surface area (Å²) in [6, 6.07) is 11.5. The first-order valence-corrected chi connectivity index (χ1v) is 7.17. The van der Waals surface area contributed by atoms with Crippen molar-refractivity contribution in [1.29, 1.82) is 0 Å². The lowest BCUT2D eigenvalue weighted by atomic mass is 10.1. The van der Waals surface area contributed by atoms with Crippen molar-refractivity contribution in [1.82, 2.24) is 4.90 Å². The number of amides is 1. The molecular weight excluding hydrogens is 309 g/mol. The number of nitrogens with zero attached hydrogens (tertiary/aromatic N) is 1. The number of carbonyl (C=O) groups is 1. The van der Waals surface area contributed by atoms with E-state index < -0.39 is 0 Å². The highest BCUT2D eigenvalue weighted by molar-refractivity contribution is 6.33. The van der Waals surface area contributed by atoms with Crippen molar-refractivity contribution in [3.63, 3.8) is 0 Å². The summed E-state index contributed by atoms with van der Waals surface area (Å²) in [6.45, 7) is 1.91. The van der Waals surface area contributed by atoms with Crippen LogP contribution in [0.3, 0.4) is 0 Å². The molecule has 0 saturated carbocycles. The van der Waals surface area contributed by atoms with Crippen molar-refractivity contribution in [3.8, 4) is 5.75 Å². The largest absolute Gasteiger partial charge is 0.508 e. The number of phenols is 1. The molecule has 2 aromatic carbocycles. The fraction of sp³-hybridized carbons (Fsp3) is 0.188. The molecule has 0 fully saturated rings. The topological polar surface area (TPSA) is 40.5 Å². The maximum absolute atomic E-state index is 12.5. The van der Waals surface area contributed by atoms with E-state index in [0.717, 1.165) is 5.56 Å². The van der Waals surface area contributed by atoms with E-state index in [4.69, 9.17) is 23.2 Å². The summed E-state index contributed by atoms with van der Waals surface area (Å²) >= 11 is 11.9. The van der Waals surface area contributed by atoms with E-state index in [1.807, 2.05) is 19.1 Å². The smallest absolute Gasteiger partial charge is 0.255 e. The predicted molar refractivity (Wildman–Crippen MR) is 85.1 cm³/mol. The number of hydrogen-bond donors (Lipinski definition) is 1. The van der Waals surface area contributed by atoms with Crippen molar-refractivity contribution >= 4 is 29.1 Å². The zero-order valence-corrected chi connectivity index (χ0v) is 13.2. The van der Waals surface area contributed by atoms with Crippen molar-refractivity contribution < 1.29 is 9.90 Å². The van der Waals surface area contributed by atoms with E-state index in [2.05, 4.69) is 0 Å². The maximum atomic E-state index is 12.5. The maximum Gasteiger partial charge on any atom is 0.255 e. The minimum atomic E-state index is -0.252. The fourth-order valence-electron chi connectivity index (χ4n) is 2.01. The second-order valence-electron chi connectivity index (χ2n) is 4.81. The highest BCUT2D eigenvalue weighted by atomic mass is 35.5. The fourth-order valence-corrected chi connectivity index (χ4v) is 2.33. The molecule has 0 radical (unpaired) electrons. The molecule has 0 aliphatic carbocycles. The first kappa shape index (κ1) is 15.7. The molecule has 0 saturated heterocycles. The van der Waals surface area contributed by atoms with Gasteiger partial charge in [-0.25, -0.2) is 0 Å². The van der Waals surface area contributed by atoms with Gasteiger partial charge in [0.05, 0.1) is 16.6 Å². The number of halogens is 2. The van der Waals surface area contributed by atoms with Gasteiger partial charge in [-0.1, -0.05) is 35.3 Å². The Morgan fingerprint density at radius 3 is 2.38 bits per heavy atom. The van der Waals surface area contributed by atoms with Gasteiger partial charge in [-0.2, -0.15) is 0 Å². The van der Waals surface area contributed by atoms with Crippen LogP contribution in [0.1, 0.15) is 28.9 Å². The number of rotatable bonds is 3. The van der Waals surface area contributed by atoms with Crippen LogP contribution in [0, 0.1) is 0 Å². The molecule has 1 amide bonds. The van der Waals surface area contributed by atoms with Gasteiger partial charge < -0.3 is 10.0 Å². The van der Waals surface area contributed by atoms with E-state index in [0.29, 0.717) is 10.0 Å². The van der Waals surface area contributed by atoms with E-state index in [1.165, 1.54) is 18.2 Å². The Morgan fingerprint density at radius 2 is 1.76 bits per heavy atom. The summed E-state index contributed by atoms with van der Waals surface area (Å²) in [5.41, 5.74) is 1.24. The molecule has 21 heavy (non-hydrogen) atoms. The monoisotopic (exact) mass is 323 g/mol. The molecule has 0 spiro atoms. The molecule has 0 aliphatic rings. The van der Waals surface area contributed by atoms with Crippen LogP contribution >= 0.6 is 23.2 Å². The molecule has 1 unspecified atom stereocenters. The summed E-state index contributed by atoms with van der Waals surface area (Å²) < 4.78 is 0. The van der Waals surface area contributed by atoms with Crippen LogP contribution in [0.2, 0.25) is 10.0 Å². The molecular formula is C16H15Cl2NO2. The van der Waals surface area contributed by atoms with E-state index in [9.17, 15) is 9.90 Å². The van der Waals surface area contributed by atoms with Crippen LogP contribution in [-0.4, -0.2) is 23.0 Å². The number of aromatic hydroxyl groups is 1. The lowest BCUT2D eigenvalue weighted by molar-refractivity contribution is 0.0742. The zero-order chi connectivity index (χ0) is 15.6. The van der Waals surface area contributed by atoms with E-state index >= 15 is 0 Å². The average Bonchev–Trinajstić information content (AvgIpc) is 2.48. The van der Waals surface area contributed by atoms with Gasteiger partial charge in [0.15, 0.2) is 0 Å². The number of benzene rings is 2. The summed E-state index contributed by atoms with van der Waals surface area (Å²) in [5.74, 6) is -0.242. The van der Waals surface area contributed by atoms with Gasteiger partial charge >= 0.3 is 0 Å². The normalized spacial score (nSPS) is 12.0. The summed E-state index contributed by atoms with van der Waals surface area (Å²) in [6.07, 6.45) is 0. The Balaban J connectivity index is 2.26. The van der Waals surface area contributed by atoms with Gasteiger partial charge in [-0.3, -0.25) is 4.79 Å². The quantitative estimate of drug-likeness (QED) is 0.901. The minimum Gasteiger partial charge on any atom is -0.508 e. The van der Waals surface area contributed by atoms with Gasteiger partial charge in [0, 0.05) is 12.1 Å². The Labute approximate surface area is 133 Å². The molecule has 2 aromatic rings. The third kappa shape index (κ3) is 3.49. The molecule has 2 rings (SSSR count). The molecule has 0 aliphatic heterocycles. The highest BCUT2D eigenvalue weighted by Gasteiger charge is 2.21. The molecule has 3 nitrogen and oxygen atoms in total. The second-order valence-corrected chi connectivity index (χ2v) is 5.65. The van der Waals surface area contributed by atoms with Crippen LogP contribution in [0.4, 0.5) is 0 Å². The molecule has 110 valence electrons. The Kier molecular flexibility index (Phi) is 4.76. The van der Waals surface area contributed by atoms with Gasteiger partial charge in [-0.15, -0.1) is 0 Å². The minimum absolute atomic E-state index is 0.00953. The Hall–Kier alpha value is -1.71. The first-order chi connectivity index (χ1) is 9.90. The Morgan fingerprint density at radius 1 is 1.14 bits per heavy atom. The van der Waals surface area contributed by atoms with Crippen molar-refractivity contribution in [2.45, 2.75) is 13.0 Å². The van der Waals surface area contributed by atoms with Crippen LogP contribution in [-0.2, 0) is 0 Å². The zero-order valence-electron chi connectivity index (χ0n) is 11.7. The second kappa shape index (κ2) is 6.37. The van der Waals surface area contributed by atoms with Gasteiger partial charge in [-0.05, 0) is 42.8 Å². The van der Waals surface area contributed by atoms with Crippen molar-refractivity contribution in [2.75, 3.05) is 7.05 Å². The number of carbonyl (C=O) groups excluding carboxylic acids is 1. The third-order valence-corrected chi connectivity index (χ3v) is 4.02. The van der Waals surface area contributed by atoms with Gasteiger partial charge in [0.1, 0.15) is 5.75 Å².